The summed E-state index contributed by atoms with van der Waals surface area (Å²) in [5.74, 6) is 0. The summed E-state index contributed by atoms with van der Waals surface area (Å²) in [5.41, 5.74) is 2.53. The lowest BCUT2D eigenvalue weighted by atomic mass is 9.86. The van der Waals surface area contributed by atoms with Crippen LogP contribution in [0.5, 0.6) is 0 Å². The third-order valence-electron chi connectivity index (χ3n) is 2.17. The molecule has 14 heavy (non-hydrogen) atoms. The highest BCUT2D eigenvalue weighted by Crippen LogP contribution is 2.22. The van der Waals surface area contributed by atoms with Crippen LogP contribution >= 0.6 is 0 Å². The third-order valence-corrected chi connectivity index (χ3v) is 2.17. The van der Waals surface area contributed by atoms with Crippen LogP contribution in [-0.2, 0) is 11.8 Å². The molecule has 0 unspecified atom stereocenters. The van der Waals surface area contributed by atoms with Gasteiger partial charge in [0.1, 0.15) is 6.42 Å². The van der Waals surface area contributed by atoms with Crippen molar-refractivity contribution in [3.63, 3.8) is 0 Å². The van der Waals surface area contributed by atoms with Gasteiger partial charge >= 0.3 is 6.07 Å². The van der Waals surface area contributed by atoms with E-state index in [1.165, 1.54) is 5.56 Å². The van der Waals surface area contributed by atoms with Gasteiger partial charge in [0.05, 0.1) is 0 Å². The first-order valence-corrected chi connectivity index (χ1v) is 4.68. The van der Waals surface area contributed by atoms with Crippen molar-refractivity contribution < 1.29 is 0 Å². The van der Waals surface area contributed by atoms with Gasteiger partial charge in [-0.3, -0.25) is 0 Å². The second-order valence-electron chi connectivity index (χ2n) is 4.37. The molecule has 0 amide bonds. The van der Waals surface area contributed by atoms with Crippen LogP contribution in [0.3, 0.4) is 0 Å². The lowest BCUT2D eigenvalue weighted by Gasteiger charge is -2.18. The minimum Gasteiger partial charge on any atom is -0.498 e. The zero-order chi connectivity index (χ0) is 10.6. The Bertz CT molecular complexity index is 349. The Hall–Kier alpha value is -1.49. The quantitative estimate of drug-likeness (QED) is 0.622. The largest absolute Gasteiger partial charge is 0.498 e. The van der Waals surface area contributed by atoms with Crippen LogP contribution in [-0.4, -0.2) is 0 Å². The first-order valence-electron chi connectivity index (χ1n) is 4.68. The van der Waals surface area contributed by atoms with Crippen LogP contribution < -0.4 is 0 Å². The van der Waals surface area contributed by atoms with E-state index in [1.54, 1.807) is 0 Å². The van der Waals surface area contributed by atoms with Gasteiger partial charge in [-0.25, -0.2) is 0 Å². The Morgan fingerprint density at radius 3 is 2.21 bits per heavy atom. The average molecular weight is 189 g/mol. The zero-order valence-corrected chi connectivity index (χ0v) is 8.87. The van der Waals surface area contributed by atoms with Gasteiger partial charge in [0, 0.05) is 5.01 Å². The summed E-state index contributed by atoms with van der Waals surface area (Å²) in [7, 11) is 0. The molecule has 1 rings (SSSR count). The van der Waals surface area contributed by atoms with Crippen LogP contribution in [0.25, 0.3) is 5.01 Å². The number of hydrogen-bond donors (Lipinski definition) is 0. The van der Waals surface area contributed by atoms with Gasteiger partial charge in [-0.05, 0) is 16.5 Å². The van der Waals surface area contributed by atoms with E-state index in [-0.39, 0.29) is 5.41 Å². The molecule has 2 nitrogen and oxygen atoms in total. The molecule has 1 aromatic carbocycles. The Kier molecular flexibility index (Phi) is 3.14. The topological polar surface area (TPSA) is 27.4 Å². The van der Waals surface area contributed by atoms with Gasteiger partial charge in [-0.1, -0.05) is 45.0 Å². The van der Waals surface area contributed by atoms with Crippen molar-refractivity contribution in [3.05, 3.63) is 45.6 Å². The summed E-state index contributed by atoms with van der Waals surface area (Å²) in [6.45, 7) is 6.52. The molecule has 0 bridgehead atoms. The van der Waals surface area contributed by atoms with E-state index in [0.717, 1.165) is 5.56 Å². The molecule has 74 valence electrons. The molecule has 0 aliphatic carbocycles. The van der Waals surface area contributed by atoms with Gasteiger partial charge in [0.15, 0.2) is 0 Å². The molecule has 0 fully saturated rings. The van der Waals surface area contributed by atoms with Crippen molar-refractivity contribution in [1.82, 2.24) is 0 Å². The molecule has 0 radical (unpaired) electrons. The Morgan fingerprint density at radius 1 is 1.21 bits per heavy atom. The fraction of sp³-hybridized carbons (Fsp3) is 0.417. The normalized spacial score (nSPS) is 10.5. The highest BCUT2D eigenvalue weighted by molar-refractivity contribution is 5.29. The summed E-state index contributed by atoms with van der Waals surface area (Å²) in [4.78, 5) is 0. The highest BCUT2D eigenvalue weighted by Gasteiger charge is 2.12. The van der Waals surface area contributed by atoms with Crippen LogP contribution in [0, 0.1) is 11.3 Å². The Labute approximate surface area is 85.0 Å². The molecule has 0 atom stereocenters. The Morgan fingerprint density at radius 2 is 1.79 bits per heavy atom. The second-order valence-corrected chi connectivity index (χ2v) is 4.37. The maximum Gasteiger partial charge on any atom is 0.303 e. The van der Waals surface area contributed by atoms with E-state index in [0.29, 0.717) is 6.42 Å². The van der Waals surface area contributed by atoms with Gasteiger partial charge < -0.3 is 5.21 Å². The van der Waals surface area contributed by atoms with Crippen LogP contribution in [0.2, 0.25) is 0 Å². The minimum absolute atomic E-state index is 0.175. The van der Waals surface area contributed by atoms with Gasteiger partial charge in [-0.15, -0.1) is 0 Å². The van der Waals surface area contributed by atoms with Crippen LogP contribution in [0.15, 0.2) is 24.3 Å². The van der Waals surface area contributed by atoms with Crippen molar-refractivity contribution in [2.75, 3.05) is 0 Å². The first kappa shape index (κ1) is 10.6. The Balaban J connectivity index is 2.82. The van der Waals surface area contributed by atoms with Crippen molar-refractivity contribution >= 4 is 0 Å². The number of hydrogen-bond acceptors (Lipinski definition) is 1. The lowest BCUT2D eigenvalue weighted by molar-refractivity contribution is 0.590. The van der Waals surface area contributed by atoms with Gasteiger partial charge in [0.2, 0.25) is 0 Å². The van der Waals surface area contributed by atoms with Crippen molar-refractivity contribution in [1.29, 1.82) is 0 Å². The fourth-order valence-electron chi connectivity index (χ4n) is 1.25. The standard InChI is InChI=1S/C12H15NO/c1-12(2,3)11-6-4-10(5-7-11)8-9-13-14/h4-7H,8H2,1-3H3. The molecule has 1 aromatic rings. The van der Waals surface area contributed by atoms with E-state index in [1.807, 2.05) is 12.1 Å². The van der Waals surface area contributed by atoms with E-state index >= 15 is 0 Å². The smallest absolute Gasteiger partial charge is 0.303 e. The maximum atomic E-state index is 9.84. The van der Waals surface area contributed by atoms with Crippen molar-refractivity contribution in [2.45, 2.75) is 32.6 Å². The molecular formula is C12H15NO. The maximum absolute atomic E-state index is 9.84. The molecule has 0 saturated carbocycles. The molecule has 0 aromatic heterocycles. The zero-order valence-electron chi connectivity index (χ0n) is 8.87. The number of nitrogens with zero attached hydrogens (tertiary/aromatic N) is 1. The summed E-state index contributed by atoms with van der Waals surface area (Å²) < 4.78 is 0. The SMILES string of the molecule is CC(C)(C)c1ccc(CC#[N+][O-])cc1. The predicted octanol–water partition coefficient (Wildman–Crippen LogP) is 3.36. The number of rotatable bonds is 1. The lowest BCUT2D eigenvalue weighted by Crippen LogP contribution is -2.10. The molecule has 0 spiro atoms. The molecule has 0 N–H and O–H groups in total. The van der Waals surface area contributed by atoms with E-state index in [2.05, 4.69) is 44.0 Å². The molecule has 0 aliphatic heterocycles. The molecule has 2 heteroatoms. The summed E-state index contributed by atoms with van der Waals surface area (Å²) >= 11 is 0. The monoisotopic (exact) mass is 189 g/mol. The van der Waals surface area contributed by atoms with Crippen molar-refractivity contribution in [2.24, 2.45) is 0 Å². The first-order chi connectivity index (χ1) is 6.54. The summed E-state index contributed by atoms with van der Waals surface area (Å²) in [6.07, 6.45) is 0.494. The minimum atomic E-state index is 0.175. The van der Waals surface area contributed by atoms with Crippen LogP contribution in [0.4, 0.5) is 0 Å². The van der Waals surface area contributed by atoms with E-state index < -0.39 is 0 Å². The summed E-state index contributed by atoms with van der Waals surface area (Å²) in [6, 6.07) is 10.6. The predicted molar refractivity (Wildman–Crippen MR) is 59.5 cm³/mol. The number of benzene rings is 1. The summed E-state index contributed by atoms with van der Waals surface area (Å²) in [5, 5.41) is 12.4. The van der Waals surface area contributed by atoms with Gasteiger partial charge in [0.25, 0.3) is 0 Å². The molecular weight excluding hydrogens is 174 g/mol. The van der Waals surface area contributed by atoms with E-state index in [4.69, 9.17) is 0 Å². The van der Waals surface area contributed by atoms with Crippen molar-refractivity contribution in [3.8, 4) is 6.07 Å². The van der Waals surface area contributed by atoms with E-state index in [9.17, 15) is 5.21 Å². The highest BCUT2D eigenvalue weighted by atomic mass is 16.4. The molecule has 0 saturated heterocycles. The molecule has 0 aliphatic rings. The van der Waals surface area contributed by atoms with Crippen LogP contribution in [0.1, 0.15) is 31.9 Å². The average Bonchev–Trinajstić information content (AvgIpc) is 2.14. The molecule has 0 heterocycles. The fourth-order valence-corrected chi connectivity index (χ4v) is 1.25. The third kappa shape index (κ3) is 2.77. The second kappa shape index (κ2) is 4.15. The van der Waals surface area contributed by atoms with Gasteiger partial charge in [-0.2, -0.15) is 0 Å².